The summed E-state index contributed by atoms with van der Waals surface area (Å²) in [6, 6.07) is 11.1. The zero-order chi connectivity index (χ0) is 32.1. The molecule has 0 saturated heterocycles. The van der Waals surface area contributed by atoms with Crippen LogP contribution in [0.4, 0.5) is 0 Å². The summed E-state index contributed by atoms with van der Waals surface area (Å²) in [5.41, 5.74) is 1.89. The fourth-order valence-corrected chi connectivity index (χ4v) is 4.70. The molecule has 0 saturated carbocycles. The number of hydrogen-bond acceptors (Lipinski definition) is 6. The lowest BCUT2D eigenvalue weighted by Gasteiger charge is -2.27. The molecule has 0 aromatic heterocycles. The number of amides is 3. The van der Waals surface area contributed by atoms with Crippen molar-refractivity contribution in [1.82, 2.24) is 20.9 Å². The number of halogens is 1. The number of aryl methyl sites for hydroxylation is 1. The number of carbonyl (C=O) groups excluding carboxylic acids is 3. The van der Waals surface area contributed by atoms with Crippen LogP contribution in [0.5, 0.6) is 11.5 Å². The minimum Gasteiger partial charge on any atom is -0.506 e. The third-order valence-corrected chi connectivity index (χ3v) is 7.20. The first kappa shape index (κ1) is 35.9. The summed E-state index contributed by atoms with van der Waals surface area (Å²) in [6.07, 6.45) is 1.85. The van der Waals surface area contributed by atoms with Gasteiger partial charge in [-0.25, -0.2) is 0 Å². The molecule has 3 atom stereocenters. The number of para-hydroxylation sites is 1. The van der Waals surface area contributed by atoms with Gasteiger partial charge in [-0.15, -0.1) is 0 Å². The molecule has 43 heavy (non-hydrogen) atoms. The van der Waals surface area contributed by atoms with Gasteiger partial charge in [-0.3, -0.25) is 14.4 Å². The van der Waals surface area contributed by atoms with Gasteiger partial charge in [0.1, 0.15) is 23.6 Å². The van der Waals surface area contributed by atoms with E-state index in [4.69, 9.17) is 16.3 Å². The van der Waals surface area contributed by atoms with E-state index in [9.17, 15) is 19.5 Å². The molecule has 2 aromatic carbocycles. The second-order valence-electron chi connectivity index (χ2n) is 12.2. The van der Waals surface area contributed by atoms with Gasteiger partial charge in [0.25, 0.3) is 0 Å². The van der Waals surface area contributed by atoms with E-state index in [1.165, 1.54) is 6.07 Å². The molecule has 0 unspecified atom stereocenters. The quantitative estimate of drug-likeness (QED) is 0.198. The van der Waals surface area contributed by atoms with Gasteiger partial charge in [-0.1, -0.05) is 70.5 Å². The summed E-state index contributed by atoms with van der Waals surface area (Å²) in [7, 11) is 3.67. The molecule has 3 amide bonds. The Morgan fingerprint density at radius 3 is 2.28 bits per heavy atom. The van der Waals surface area contributed by atoms with Crippen molar-refractivity contribution in [2.24, 2.45) is 17.8 Å². The standard InChI is InChI=1S/C33H49ClN4O5/c1-21(2)20-43-29-13-9-8-11-25(29)12-10-16-35-32(41)27(19-38(6)7)36-33(42)30(22(3)4)37-31(40)23(5)17-24-14-15-28(39)26(34)18-24/h8-9,11,13-15,18,21-23,27,30,39H,10,12,16-17,19-20H2,1-7H3,(H,35,41)(H,36,42)(H,37,40)/t23-,27+,30-/m1/s1. The van der Waals surface area contributed by atoms with Gasteiger partial charge in [0, 0.05) is 19.0 Å². The topological polar surface area (TPSA) is 120 Å². The molecule has 0 aliphatic heterocycles. The highest BCUT2D eigenvalue weighted by atomic mass is 35.5. The van der Waals surface area contributed by atoms with Crippen molar-refractivity contribution in [1.29, 1.82) is 0 Å². The molecular weight excluding hydrogens is 568 g/mol. The van der Waals surface area contributed by atoms with Crippen molar-refractivity contribution >= 4 is 29.3 Å². The van der Waals surface area contributed by atoms with Gasteiger partial charge in [0.05, 0.1) is 11.6 Å². The number of nitrogens with zero attached hydrogens (tertiary/aromatic N) is 1. The van der Waals surface area contributed by atoms with Crippen molar-refractivity contribution in [3.63, 3.8) is 0 Å². The second kappa shape index (κ2) is 17.7. The smallest absolute Gasteiger partial charge is 0.243 e. The van der Waals surface area contributed by atoms with E-state index in [1.807, 2.05) is 57.1 Å². The van der Waals surface area contributed by atoms with Crippen LogP contribution in [0.15, 0.2) is 42.5 Å². The van der Waals surface area contributed by atoms with Crippen molar-refractivity contribution in [3.05, 3.63) is 58.6 Å². The van der Waals surface area contributed by atoms with Crippen molar-refractivity contribution in [2.45, 2.75) is 66.0 Å². The largest absolute Gasteiger partial charge is 0.506 e. The number of nitrogens with one attached hydrogen (secondary N) is 3. The maximum absolute atomic E-state index is 13.4. The van der Waals surface area contributed by atoms with E-state index in [-0.39, 0.29) is 28.5 Å². The van der Waals surface area contributed by atoms with Gasteiger partial charge in [-0.2, -0.15) is 0 Å². The zero-order valence-electron chi connectivity index (χ0n) is 26.6. The maximum atomic E-state index is 13.4. The Morgan fingerprint density at radius 2 is 1.65 bits per heavy atom. The predicted molar refractivity (Wildman–Crippen MR) is 171 cm³/mol. The fraction of sp³-hybridized carbons (Fsp3) is 0.545. The third kappa shape index (κ3) is 12.5. The summed E-state index contributed by atoms with van der Waals surface area (Å²) in [4.78, 5) is 41.4. The SMILES string of the molecule is CC(C)COc1ccccc1CCCNC(=O)[C@H](CN(C)C)NC(=O)[C@H](NC(=O)[C@H](C)Cc1ccc(O)c(Cl)c1)C(C)C. The fourth-order valence-electron chi connectivity index (χ4n) is 4.50. The number of rotatable bonds is 17. The lowest BCUT2D eigenvalue weighted by atomic mass is 9.97. The highest BCUT2D eigenvalue weighted by molar-refractivity contribution is 6.32. The first-order chi connectivity index (χ1) is 20.3. The van der Waals surface area contributed by atoms with Gasteiger partial charge in [-0.05, 0) is 74.5 Å². The van der Waals surface area contributed by atoms with E-state index in [2.05, 4.69) is 29.8 Å². The Labute approximate surface area is 261 Å². The van der Waals surface area contributed by atoms with Crippen LogP contribution in [0.2, 0.25) is 5.02 Å². The molecule has 10 heteroatoms. The zero-order valence-corrected chi connectivity index (χ0v) is 27.3. The number of ether oxygens (including phenoxy) is 1. The van der Waals surface area contributed by atoms with E-state index >= 15 is 0 Å². The van der Waals surface area contributed by atoms with Gasteiger partial charge in [0.15, 0.2) is 0 Å². The number of phenols is 1. The molecule has 9 nitrogen and oxygen atoms in total. The summed E-state index contributed by atoms with van der Waals surface area (Å²) in [5.74, 6) is -0.371. The molecule has 238 valence electrons. The Hall–Kier alpha value is -3.30. The lowest BCUT2D eigenvalue weighted by molar-refractivity contribution is -0.134. The van der Waals surface area contributed by atoms with Crippen molar-refractivity contribution in [3.8, 4) is 11.5 Å². The van der Waals surface area contributed by atoms with Crippen LogP contribution in [0.25, 0.3) is 0 Å². The average molecular weight is 617 g/mol. The van der Waals surface area contributed by atoms with Crippen LogP contribution in [0.3, 0.4) is 0 Å². The Morgan fingerprint density at radius 1 is 0.953 bits per heavy atom. The minimum absolute atomic E-state index is 0.0209. The minimum atomic E-state index is -0.821. The molecule has 4 N–H and O–H groups in total. The van der Waals surface area contributed by atoms with E-state index < -0.39 is 23.9 Å². The molecular formula is C33H49ClN4O5. The molecule has 2 aromatic rings. The molecule has 0 heterocycles. The average Bonchev–Trinajstić information content (AvgIpc) is 2.94. The number of carbonyl (C=O) groups is 3. The van der Waals surface area contributed by atoms with Gasteiger partial charge in [0.2, 0.25) is 17.7 Å². The van der Waals surface area contributed by atoms with E-state index in [0.29, 0.717) is 38.5 Å². The summed E-state index contributed by atoms with van der Waals surface area (Å²) < 4.78 is 5.94. The third-order valence-electron chi connectivity index (χ3n) is 6.90. The van der Waals surface area contributed by atoms with Crippen LogP contribution in [0, 0.1) is 17.8 Å². The van der Waals surface area contributed by atoms with E-state index in [0.717, 1.165) is 23.3 Å². The Kier molecular flexibility index (Phi) is 14.8. The maximum Gasteiger partial charge on any atom is 0.243 e. The molecule has 0 aliphatic rings. The first-order valence-corrected chi connectivity index (χ1v) is 15.4. The molecule has 0 spiro atoms. The van der Waals surface area contributed by atoms with Crippen molar-refractivity contribution in [2.75, 3.05) is 33.8 Å². The number of aromatic hydroxyl groups is 1. The Balaban J connectivity index is 1.96. The normalized spacial score (nSPS) is 13.5. The molecule has 0 fully saturated rings. The highest BCUT2D eigenvalue weighted by Gasteiger charge is 2.30. The van der Waals surface area contributed by atoms with E-state index in [1.54, 1.807) is 19.1 Å². The summed E-state index contributed by atoms with van der Waals surface area (Å²) in [6.45, 7) is 11.1. The molecule has 0 radical (unpaired) electrons. The number of likely N-dealkylation sites (N-methyl/N-ethyl adjacent to an activating group) is 1. The van der Waals surface area contributed by atoms with Gasteiger partial charge < -0.3 is 30.7 Å². The molecule has 0 aliphatic carbocycles. The summed E-state index contributed by atoms with van der Waals surface area (Å²) >= 11 is 6.00. The number of benzene rings is 2. The van der Waals surface area contributed by atoms with Crippen LogP contribution >= 0.6 is 11.6 Å². The highest BCUT2D eigenvalue weighted by Crippen LogP contribution is 2.25. The van der Waals surface area contributed by atoms with Crippen LogP contribution < -0.4 is 20.7 Å². The van der Waals surface area contributed by atoms with Crippen molar-refractivity contribution < 1.29 is 24.2 Å². The molecule has 2 rings (SSSR count). The van der Waals surface area contributed by atoms with Crippen LogP contribution in [-0.4, -0.2) is 73.6 Å². The van der Waals surface area contributed by atoms with Crippen LogP contribution in [-0.2, 0) is 27.2 Å². The molecule has 0 bridgehead atoms. The summed E-state index contributed by atoms with van der Waals surface area (Å²) in [5, 5.41) is 18.6. The lowest BCUT2D eigenvalue weighted by Crippen LogP contribution is -2.58. The number of phenolic OH excluding ortho intramolecular Hbond substituents is 1. The van der Waals surface area contributed by atoms with Gasteiger partial charge >= 0.3 is 0 Å². The monoisotopic (exact) mass is 616 g/mol. The predicted octanol–water partition coefficient (Wildman–Crippen LogP) is 4.20. The first-order valence-electron chi connectivity index (χ1n) is 15.0. The second-order valence-corrected chi connectivity index (χ2v) is 12.6. The van der Waals surface area contributed by atoms with Crippen LogP contribution in [0.1, 0.15) is 52.2 Å². The number of hydrogen-bond donors (Lipinski definition) is 4. The Bertz CT molecular complexity index is 1200.